The lowest BCUT2D eigenvalue weighted by molar-refractivity contribution is 0.410. The second-order valence-electron chi connectivity index (χ2n) is 3.21. The number of ether oxygens (including phenoxy) is 1. The summed E-state index contributed by atoms with van der Waals surface area (Å²) in [5, 5.41) is 19.1. The van der Waals surface area contributed by atoms with Crippen LogP contribution >= 0.6 is 11.6 Å². The number of benzene rings is 2. The van der Waals surface area contributed by atoms with Crippen LogP contribution < -0.4 is 4.74 Å². The average Bonchev–Trinajstić information content (AvgIpc) is 2.25. The molecule has 16 heavy (non-hydrogen) atoms. The first-order valence-corrected chi connectivity index (χ1v) is 4.98. The maximum Gasteiger partial charge on any atom is 0.169 e. The Morgan fingerprint density at radius 1 is 0.938 bits per heavy atom. The molecule has 82 valence electrons. The highest BCUT2D eigenvalue weighted by Crippen LogP contribution is 2.33. The molecule has 0 radical (unpaired) electrons. The van der Waals surface area contributed by atoms with Crippen LogP contribution in [-0.4, -0.2) is 10.2 Å². The molecule has 0 fully saturated rings. The van der Waals surface area contributed by atoms with Gasteiger partial charge in [-0.05, 0) is 36.4 Å². The van der Waals surface area contributed by atoms with E-state index in [1.807, 2.05) is 0 Å². The Kier molecular flexibility index (Phi) is 2.88. The first-order valence-electron chi connectivity index (χ1n) is 4.60. The quantitative estimate of drug-likeness (QED) is 0.839. The van der Waals surface area contributed by atoms with Crippen LogP contribution in [-0.2, 0) is 0 Å². The predicted molar refractivity (Wildman–Crippen MR) is 61.3 cm³/mol. The molecule has 0 bridgehead atoms. The van der Waals surface area contributed by atoms with Crippen molar-refractivity contribution in [3.63, 3.8) is 0 Å². The molecule has 0 saturated heterocycles. The van der Waals surface area contributed by atoms with Gasteiger partial charge in [0.25, 0.3) is 0 Å². The Morgan fingerprint density at radius 3 is 2.25 bits per heavy atom. The van der Waals surface area contributed by atoms with Gasteiger partial charge in [-0.3, -0.25) is 0 Å². The Hall–Kier alpha value is -1.87. The minimum Gasteiger partial charge on any atom is -0.508 e. The zero-order valence-electron chi connectivity index (χ0n) is 8.22. The Labute approximate surface area is 97.5 Å². The monoisotopic (exact) mass is 236 g/mol. The van der Waals surface area contributed by atoms with Crippen molar-refractivity contribution in [2.75, 3.05) is 0 Å². The van der Waals surface area contributed by atoms with Gasteiger partial charge in [0, 0.05) is 11.1 Å². The molecule has 0 amide bonds. The lowest BCUT2D eigenvalue weighted by atomic mass is 10.3. The van der Waals surface area contributed by atoms with E-state index in [9.17, 15) is 5.11 Å². The number of aromatic hydroxyl groups is 2. The molecule has 0 aliphatic heterocycles. The van der Waals surface area contributed by atoms with E-state index in [4.69, 9.17) is 21.4 Å². The predicted octanol–water partition coefficient (Wildman–Crippen LogP) is 3.54. The van der Waals surface area contributed by atoms with Crippen molar-refractivity contribution in [2.45, 2.75) is 0 Å². The van der Waals surface area contributed by atoms with Gasteiger partial charge >= 0.3 is 0 Å². The van der Waals surface area contributed by atoms with Crippen LogP contribution in [0, 0.1) is 0 Å². The van der Waals surface area contributed by atoms with E-state index in [-0.39, 0.29) is 11.5 Å². The van der Waals surface area contributed by atoms with Crippen LogP contribution in [0.25, 0.3) is 0 Å². The molecule has 2 rings (SSSR count). The summed E-state index contributed by atoms with van der Waals surface area (Å²) < 4.78 is 5.40. The number of phenols is 2. The number of hydrogen-bond acceptors (Lipinski definition) is 3. The van der Waals surface area contributed by atoms with Gasteiger partial charge in [0.1, 0.15) is 11.5 Å². The van der Waals surface area contributed by atoms with Crippen molar-refractivity contribution in [1.29, 1.82) is 0 Å². The second-order valence-corrected chi connectivity index (χ2v) is 3.64. The van der Waals surface area contributed by atoms with Crippen LogP contribution in [0.2, 0.25) is 5.02 Å². The normalized spacial score (nSPS) is 10.1. The van der Waals surface area contributed by atoms with Gasteiger partial charge in [-0.1, -0.05) is 11.6 Å². The summed E-state index contributed by atoms with van der Waals surface area (Å²) in [6.07, 6.45) is 0. The number of hydrogen-bond donors (Lipinski definition) is 2. The van der Waals surface area contributed by atoms with Crippen molar-refractivity contribution >= 4 is 11.6 Å². The molecular formula is C12H9ClO3. The molecule has 0 heterocycles. The van der Waals surface area contributed by atoms with Crippen LogP contribution in [0.5, 0.6) is 23.0 Å². The molecule has 0 saturated carbocycles. The molecule has 0 aliphatic carbocycles. The minimum absolute atomic E-state index is 0.0272. The SMILES string of the molecule is Oc1ccc(Oc2ccc(Cl)cc2O)cc1. The fourth-order valence-electron chi connectivity index (χ4n) is 1.22. The van der Waals surface area contributed by atoms with Crippen molar-refractivity contribution in [2.24, 2.45) is 0 Å². The molecule has 0 aliphatic rings. The lowest BCUT2D eigenvalue weighted by Crippen LogP contribution is -1.84. The van der Waals surface area contributed by atoms with Gasteiger partial charge in [-0.25, -0.2) is 0 Å². The highest BCUT2D eigenvalue weighted by atomic mass is 35.5. The molecule has 0 atom stereocenters. The minimum atomic E-state index is -0.0272. The third kappa shape index (κ3) is 2.38. The van der Waals surface area contributed by atoms with Crippen LogP contribution in [0.15, 0.2) is 42.5 Å². The molecular weight excluding hydrogens is 228 g/mol. The third-order valence-electron chi connectivity index (χ3n) is 1.99. The first kappa shape index (κ1) is 10.6. The fraction of sp³-hybridized carbons (Fsp3) is 0. The summed E-state index contributed by atoms with van der Waals surface area (Å²) in [7, 11) is 0. The van der Waals surface area contributed by atoms with E-state index in [0.29, 0.717) is 16.5 Å². The van der Waals surface area contributed by atoms with E-state index in [2.05, 4.69) is 0 Å². The Bertz CT molecular complexity index is 494. The summed E-state index contributed by atoms with van der Waals surface area (Å²) >= 11 is 5.69. The standard InChI is InChI=1S/C12H9ClO3/c13-8-1-6-12(11(15)7-8)16-10-4-2-9(14)3-5-10/h1-7,14-15H. The summed E-state index contributed by atoms with van der Waals surface area (Å²) in [5.74, 6) is 0.971. The molecule has 2 aromatic rings. The summed E-state index contributed by atoms with van der Waals surface area (Å²) in [4.78, 5) is 0. The average molecular weight is 237 g/mol. The molecule has 0 unspecified atom stereocenters. The Morgan fingerprint density at radius 2 is 1.62 bits per heavy atom. The van der Waals surface area contributed by atoms with Crippen molar-refractivity contribution in [3.8, 4) is 23.0 Å². The topological polar surface area (TPSA) is 49.7 Å². The fourth-order valence-corrected chi connectivity index (χ4v) is 1.38. The van der Waals surface area contributed by atoms with Crippen molar-refractivity contribution in [1.82, 2.24) is 0 Å². The van der Waals surface area contributed by atoms with Crippen LogP contribution in [0.3, 0.4) is 0 Å². The smallest absolute Gasteiger partial charge is 0.169 e. The summed E-state index contributed by atoms with van der Waals surface area (Å²) in [6, 6.07) is 10.8. The molecule has 2 N–H and O–H groups in total. The maximum atomic E-state index is 9.55. The van der Waals surface area contributed by atoms with Gasteiger partial charge in [-0.2, -0.15) is 0 Å². The molecule has 0 spiro atoms. The van der Waals surface area contributed by atoms with Gasteiger partial charge in [0.15, 0.2) is 11.5 Å². The van der Waals surface area contributed by atoms with Gasteiger partial charge < -0.3 is 14.9 Å². The maximum absolute atomic E-state index is 9.55. The van der Waals surface area contributed by atoms with E-state index in [0.717, 1.165) is 0 Å². The number of halogens is 1. The Balaban J connectivity index is 2.23. The lowest BCUT2D eigenvalue weighted by Gasteiger charge is -2.07. The number of rotatable bonds is 2. The molecule has 4 heteroatoms. The van der Waals surface area contributed by atoms with E-state index < -0.39 is 0 Å². The van der Waals surface area contributed by atoms with Gasteiger partial charge in [-0.15, -0.1) is 0 Å². The molecule has 0 aromatic heterocycles. The summed E-state index contributed by atoms with van der Waals surface area (Å²) in [6.45, 7) is 0. The van der Waals surface area contributed by atoms with Crippen LogP contribution in [0.4, 0.5) is 0 Å². The summed E-state index contributed by atoms with van der Waals surface area (Å²) in [5.41, 5.74) is 0. The number of phenolic OH excluding ortho intramolecular Hbond substituents is 2. The second kappa shape index (κ2) is 4.33. The highest BCUT2D eigenvalue weighted by molar-refractivity contribution is 6.30. The van der Waals surface area contributed by atoms with E-state index in [1.165, 1.54) is 18.2 Å². The van der Waals surface area contributed by atoms with Crippen molar-refractivity contribution in [3.05, 3.63) is 47.5 Å². The van der Waals surface area contributed by atoms with Crippen molar-refractivity contribution < 1.29 is 14.9 Å². The first-order chi connectivity index (χ1) is 7.65. The third-order valence-corrected chi connectivity index (χ3v) is 2.22. The largest absolute Gasteiger partial charge is 0.508 e. The zero-order chi connectivity index (χ0) is 11.5. The zero-order valence-corrected chi connectivity index (χ0v) is 8.98. The molecule has 2 aromatic carbocycles. The van der Waals surface area contributed by atoms with Gasteiger partial charge in [0.05, 0.1) is 0 Å². The highest BCUT2D eigenvalue weighted by Gasteiger charge is 2.04. The van der Waals surface area contributed by atoms with Gasteiger partial charge in [0.2, 0.25) is 0 Å². The van der Waals surface area contributed by atoms with E-state index in [1.54, 1.807) is 24.3 Å². The van der Waals surface area contributed by atoms with E-state index >= 15 is 0 Å². The molecule has 3 nitrogen and oxygen atoms in total. The van der Waals surface area contributed by atoms with Crippen LogP contribution in [0.1, 0.15) is 0 Å².